The number of rotatable bonds is 2. The van der Waals surface area contributed by atoms with Gasteiger partial charge < -0.3 is 4.74 Å². The molecule has 0 amide bonds. The second-order valence-electron chi connectivity index (χ2n) is 4.90. The maximum absolute atomic E-state index is 14.2. The van der Waals surface area contributed by atoms with Crippen LogP contribution in [0.1, 0.15) is 19.8 Å². The smallest absolute Gasteiger partial charge is 0.337 e. The molecule has 1 rings (SSSR count). The van der Waals surface area contributed by atoms with Crippen LogP contribution in [0.4, 0.5) is 52.7 Å². The summed E-state index contributed by atoms with van der Waals surface area (Å²) < 4.78 is 158. The zero-order valence-corrected chi connectivity index (χ0v) is 10.9. The molecule has 0 saturated carbocycles. The van der Waals surface area contributed by atoms with Crippen LogP contribution in [0.5, 0.6) is 0 Å². The number of hydrogen-bond acceptors (Lipinski definition) is 1. The monoisotopic (exact) mass is 372 g/mol. The fourth-order valence-corrected chi connectivity index (χ4v) is 2.21. The molecule has 3 atom stereocenters. The maximum atomic E-state index is 14.2. The lowest BCUT2D eigenvalue weighted by Gasteiger charge is -2.43. The molecular formula is C10H8F12O. The van der Waals surface area contributed by atoms with E-state index in [1.54, 1.807) is 0 Å². The Balaban J connectivity index is 3.73. The summed E-state index contributed by atoms with van der Waals surface area (Å²) in [5, 5.41) is 0. The second-order valence-corrected chi connectivity index (χ2v) is 4.90. The lowest BCUT2D eigenvalue weighted by atomic mass is 9.81. The molecule has 138 valence electrons. The lowest BCUT2D eigenvalue weighted by Crippen LogP contribution is -2.74. The van der Waals surface area contributed by atoms with Gasteiger partial charge in [-0.2, -0.15) is 39.5 Å². The fourth-order valence-electron chi connectivity index (χ4n) is 2.21. The van der Waals surface area contributed by atoms with Crippen molar-refractivity contribution >= 4 is 0 Å². The van der Waals surface area contributed by atoms with Gasteiger partial charge in [0.15, 0.2) is 0 Å². The van der Waals surface area contributed by atoms with Gasteiger partial charge >= 0.3 is 30.1 Å². The van der Waals surface area contributed by atoms with Crippen molar-refractivity contribution in [3.63, 3.8) is 0 Å². The molecule has 1 nitrogen and oxygen atoms in total. The summed E-state index contributed by atoms with van der Waals surface area (Å²) in [7, 11) is 0. The highest BCUT2D eigenvalue weighted by Crippen LogP contribution is 2.65. The van der Waals surface area contributed by atoms with E-state index in [0.717, 1.165) is 6.92 Å². The third kappa shape index (κ3) is 2.45. The highest BCUT2D eigenvalue weighted by molar-refractivity contribution is 5.20. The van der Waals surface area contributed by atoms with Crippen LogP contribution in [-0.2, 0) is 4.74 Å². The minimum atomic E-state index is -7.26. The van der Waals surface area contributed by atoms with Crippen molar-refractivity contribution in [1.82, 2.24) is 0 Å². The van der Waals surface area contributed by atoms with Crippen LogP contribution in [0, 0.1) is 0 Å². The first-order valence-corrected chi connectivity index (χ1v) is 5.83. The van der Waals surface area contributed by atoms with Crippen LogP contribution in [0.25, 0.3) is 0 Å². The molecule has 0 bridgehead atoms. The zero-order chi connectivity index (χ0) is 18.7. The summed E-state index contributed by atoms with van der Waals surface area (Å²) in [5.74, 6) is -6.38. The Morgan fingerprint density at radius 1 is 0.870 bits per heavy atom. The molecule has 1 aliphatic heterocycles. The lowest BCUT2D eigenvalue weighted by molar-refractivity contribution is -0.445. The quantitative estimate of drug-likeness (QED) is 0.623. The molecule has 0 aromatic carbocycles. The Hall–Kier alpha value is -0.880. The average Bonchev–Trinajstić information content (AvgIpc) is 2.59. The Morgan fingerprint density at radius 2 is 1.26 bits per heavy atom. The van der Waals surface area contributed by atoms with Crippen LogP contribution in [0.15, 0.2) is 0 Å². The number of halogens is 12. The van der Waals surface area contributed by atoms with E-state index >= 15 is 0 Å². The molecule has 1 heterocycles. The molecule has 13 heteroatoms. The number of ether oxygens (including phenoxy) is 1. The van der Waals surface area contributed by atoms with Gasteiger partial charge in [-0.25, -0.2) is 13.2 Å². The van der Waals surface area contributed by atoms with E-state index in [9.17, 15) is 52.7 Å². The Labute approximate surface area is 120 Å². The molecule has 1 aliphatic rings. The van der Waals surface area contributed by atoms with E-state index in [-0.39, 0.29) is 0 Å². The van der Waals surface area contributed by atoms with E-state index in [4.69, 9.17) is 0 Å². The number of alkyl halides is 12. The van der Waals surface area contributed by atoms with Gasteiger partial charge in [0.2, 0.25) is 0 Å². The minimum Gasteiger partial charge on any atom is -0.337 e. The molecule has 1 fully saturated rings. The summed E-state index contributed by atoms with van der Waals surface area (Å²) >= 11 is 0. The number of hydrogen-bond donors (Lipinski definition) is 0. The van der Waals surface area contributed by atoms with Crippen LogP contribution >= 0.6 is 0 Å². The highest BCUT2D eigenvalue weighted by atomic mass is 19.4. The van der Waals surface area contributed by atoms with Crippen molar-refractivity contribution in [2.24, 2.45) is 0 Å². The molecule has 0 N–H and O–H groups in total. The van der Waals surface area contributed by atoms with Crippen LogP contribution < -0.4 is 0 Å². The Kier molecular flexibility index (Phi) is 4.43. The maximum Gasteiger partial charge on any atom is 0.437 e. The van der Waals surface area contributed by atoms with Gasteiger partial charge in [0.25, 0.3) is 5.67 Å². The molecule has 23 heavy (non-hydrogen) atoms. The van der Waals surface area contributed by atoms with Gasteiger partial charge in [-0.15, -0.1) is 0 Å². The first kappa shape index (κ1) is 20.2. The van der Waals surface area contributed by atoms with E-state index in [2.05, 4.69) is 4.74 Å². The van der Waals surface area contributed by atoms with Crippen molar-refractivity contribution in [3.05, 3.63) is 0 Å². The summed E-state index contributed by atoms with van der Waals surface area (Å²) in [4.78, 5) is 0. The molecule has 0 radical (unpaired) electrons. The van der Waals surface area contributed by atoms with Crippen LogP contribution in [-0.4, -0.2) is 41.8 Å². The van der Waals surface area contributed by atoms with Gasteiger partial charge in [-0.3, -0.25) is 0 Å². The zero-order valence-electron chi connectivity index (χ0n) is 10.9. The predicted octanol–water partition coefficient (Wildman–Crippen LogP) is 4.95. The van der Waals surface area contributed by atoms with Gasteiger partial charge in [0, 0.05) is 6.42 Å². The fraction of sp³-hybridized carbons (Fsp3) is 1.00. The molecule has 1 saturated heterocycles. The van der Waals surface area contributed by atoms with E-state index in [1.165, 1.54) is 0 Å². The molecule has 0 spiro atoms. The summed E-state index contributed by atoms with van der Waals surface area (Å²) in [6.45, 7) is 0.883. The second kappa shape index (κ2) is 5.06. The van der Waals surface area contributed by atoms with Crippen molar-refractivity contribution in [2.45, 2.75) is 61.6 Å². The normalized spacial score (nSPS) is 34.0. The third-order valence-electron chi connectivity index (χ3n) is 3.48. The first-order chi connectivity index (χ1) is 9.89. The molecule has 3 unspecified atom stereocenters. The molecule has 0 aliphatic carbocycles. The van der Waals surface area contributed by atoms with E-state index in [0.29, 0.717) is 0 Å². The summed E-state index contributed by atoms with van der Waals surface area (Å²) in [5.41, 5.74) is -13.1. The summed E-state index contributed by atoms with van der Waals surface area (Å²) in [6, 6.07) is 0. The Morgan fingerprint density at radius 3 is 1.52 bits per heavy atom. The average molecular weight is 372 g/mol. The SMILES string of the molecule is CCC1CC(F)(C(F)(F)F)C(F)(C(F)(C(F)(F)F)C(F)(F)F)O1. The van der Waals surface area contributed by atoms with Crippen molar-refractivity contribution in [3.8, 4) is 0 Å². The van der Waals surface area contributed by atoms with Gasteiger partial charge in [-0.1, -0.05) is 6.92 Å². The molecular weight excluding hydrogens is 364 g/mol. The van der Waals surface area contributed by atoms with E-state index < -0.39 is 54.7 Å². The van der Waals surface area contributed by atoms with Crippen LogP contribution in [0.3, 0.4) is 0 Å². The van der Waals surface area contributed by atoms with E-state index in [1.807, 2.05) is 0 Å². The minimum absolute atomic E-state index is 0.779. The summed E-state index contributed by atoms with van der Waals surface area (Å²) in [6.07, 6.45) is -26.5. The standard InChI is InChI=1S/C10H8F12O/c1-2-4-3-5(11,8(14,15)16)7(13,23-4)6(12,9(17,18)19)10(20,21)22/h4H,2-3H2,1H3. The topological polar surface area (TPSA) is 9.23 Å². The van der Waals surface area contributed by atoms with Crippen molar-refractivity contribution in [2.75, 3.05) is 0 Å². The van der Waals surface area contributed by atoms with Crippen LogP contribution in [0.2, 0.25) is 0 Å². The largest absolute Gasteiger partial charge is 0.437 e. The highest BCUT2D eigenvalue weighted by Gasteiger charge is 2.94. The van der Waals surface area contributed by atoms with Crippen molar-refractivity contribution in [1.29, 1.82) is 0 Å². The molecule has 0 aromatic rings. The first-order valence-electron chi connectivity index (χ1n) is 5.83. The van der Waals surface area contributed by atoms with Gasteiger partial charge in [0.1, 0.15) is 0 Å². The van der Waals surface area contributed by atoms with Crippen molar-refractivity contribution < 1.29 is 57.4 Å². The third-order valence-corrected chi connectivity index (χ3v) is 3.48. The van der Waals surface area contributed by atoms with Gasteiger partial charge in [-0.05, 0) is 6.42 Å². The predicted molar refractivity (Wildman–Crippen MR) is 49.5 cm³/mol. The van der Waals surface area contributed by atoms with Gasteiger partial charge in [0.05, 0.1) is 6.10 Å². The Bertz CT molecular complexity index is 436. The molecule has 0 aromatic heterocycles.